The number of ether oxygens (including phenoxy) is 2. The van der Waals surface area contributed by atoms with Crippen molar-refractivity contribution in [1.29, 1.82) is 0 Å². The molecule has 6 heteroatoms. The van der Waals surface area contributed by atoms with Gasteiger partial charge in [0, 0.05) is 17.6 Å². The quantitative estimate of drug-likeness (QED) is 0.178. The van der Waals surface area contributed by atoms with Gasteiger partial charge in [0.05, 0.1) is 24.7 Å². The molecule has 2 heterocycles. The fourth-order valence-corrected chi connectivity index (χ4v) is 4.22. The SMILES string of the molecule is CCC(C)C(=O)OCCCCCCCCOc1cc2oc(=O)c(-c3cccc(C4CC4)c3)cc2cn1. The number of carbonyl (C=O) groups excluding carboxylic acids is 1. The normalized spacial score (nSPS) is 14.1. The van der Waals surface area contributed by atoms with E-state index in [1.54, 1.807) is 12.3 Å². The van der Waals surface area contributed by atoms with Gasteiger partial charge in [-0.1, -0.05) is 63.8 Å². The van der Waals surface area contributed by atoms with Crippen molar-refractivity contribution in [1.82, 2.24) is 4.98 Å². The number of fused-ring (bicyclic) bond motifs is 1. The predicted octanol–water partition coefficient (Wildman–Crippen LogP) is 7.04. The Labute approximate surface area is 213 Å². The van der Waals surface area contributed by atoms with E-state index < -0.39 is 0 Å². The summed E-state index contributed by atoms with van der Waals surface area (Å²) in [7, 11) is 0. The molecule has 192 valence electrons. The fraction of sp³-hybridized carbons (Fsp3) is 0.500. The lowest BCUT2D eigenvalue weighted by atomic mass is 10.0. The summed E-state index contributed by atoms with van der Waals surface area (Å²) in [5.74, 6) is 1.00. The highest BCUT2D eigenvalue weighted by atomic mass is 16.5. The summed E-state index contributed by atoms with van der Waals surface area (Å²) in [5.41, 5.74) is 2.89. The van der Waals surface area contributed by atoms with Gasteiger partial charge in [-0.05, 0) is 55.2 Å². The summed E-state index contributed by atoms with van der Waals surface area (Å²) < 4.78 is 16.7. The number of carbonyl (C=O) groups is 1. The largest absolute Gasteiger partial charge is 0.478 e. The van der Waals surface area contributed by atoms with Crippen LogP contribution in [0.3, 0.4) is 0 Å². The Morgan fingerprint density at radius 3 is 2.56 bits per heavy atom. The molecule has 0 aliphatic heterocycles. The zero-order valence-electron chi connectivity index (χ0n) is 21.5. The summed E-state index contributed by atoms with van der Waals surface area (Å²) in [6.45, 7) is 4.99. The topological polar surface area (TPSA) is 78.6 Å². The number of benzene rings is 1. The van der Waals surface area contributed by atoms with Crippen molar-refractivity contribution in [2.24, 2.45) is 5.92 Å². The van der Waals surface area contributed by atoms with Crippen LogP contribution in [0, 0.1) is 5.92 Å². The molecule has 3 aromatic rings. The molecule has 0 amide bonds. The molecule has 0 N–H and O–H groups in total. The minimum Gasteiger partial charge on any atom is -0.478 e. The van der Waals surface area contributed by atoms with E-state index >= 15 is 0 Å². The summed E-state index contributed by atoms with van der Waals surface area (Å²) in [6, 6.07) is 11.7. The number of esters is 1. The Balaban J connectivity index is 1.19. The minimum atomic E-state index is -0.345. The second-order valence-corrected chi connectivity index (χ2v) is 9.85. The monoisotopic (exact) mass is 491 g/mol. The first-order valence-electron chi connectivity index (χ1n) is 13.4. The lowest BCUT2D eigenvalue weighted by molar-refractivity contribution is -0.148. The number of pyridine rings is 1. The van der Waals surface area contributed by atoms with Gasteiger partial charge in [-0.2, -0.15) is 0 Å². The molecule has 0 saturated heterocycles. The number of rotatable bonds is 14. The molecule has 1 unspecified atom stereocenters. The van der Waals surface area contributed by atoms with E-state index in [1.807, 2.05) is 32.0 Å². The summed E-state index contributed by atoms with van der Waals surface area (Å²) >= 11 is 0. The van der Waals surface area contributed by atoms with Crippen LogP contribution >= 0.6 is 0 Å². The molecule has 36 heavy (non-hydrogen) atoms. The third-order valence-corrected chi connectivity index (χ3v) is 6.89. The molecule has 1 aromatic carbocycles. The Hall–Kier alpha value is -3.15. The molecule has 1 fully saturated rings. The first-order valence-corrected chi connectivity index (χ1v) is 13.4. The van der Waals surface area contributed by atoms with E-state index in [1.165, 1.54) is 18.4 Å². The zero-order chi connectivity index (χ0) is 25.3. The van der Waals surface area contributed by atoms with Gasteiger partial charge in [-0.15, -0.1) is 0 Å². The van der Waals surface area contributed by atoms with E-state index in [4.69, 9.17) is 13.9 Å². The highest BCUT2D eigenvalue weighted by Gasteiger charge is 2.23. The van der Waals surface area contributed by atoms with Gasteiger partial charge in [0.2, 0.25) is 5.88 Å². The molecule has 6 nitrogen and oxygen atoms in total. The summed E-state index contributed by atoms with van der Waals surface area (Å²) in [4.78, 5) is 28.7. The zero-order valence-corrected chi connectivity index (χ0v) is 21.5. The van der Waals surface area contributed by atoms with Crippen molar-refractivity contribution < 1.29 is 18.7 Å². The molecular formula is C30H37NO5. The van der Waals surface area contributed by atoms with E-state index in [9.17, 15) is 9.59 Å². The second-order valence-electron chi connectivity index (χ2n) is 9.85. The van der Waals surface area contributed by atoms with E-state index in [2.05, 4.69) is 17.1 Å². The number of hydrogen-bond acceptors (Lipinski definition) is 6. The van der Waals surface area contributed by atoms with E-state index in [0.717, 1.165) is 55.9 Å². The van der Waals surface area contributed by atoms with Crippen LogP contribution in [0.4, 0.5) is 0 Å². The molecule has 2 aromatic heterocycles. The van der Waals surface area contributed by atoms with Crippen LogP contribution in [0.25, 0.3) is 22.1 Å². The van der Waals surface area contributed by atoms with Crippen LogP contribution in [-0.2, 0) is 9.53 Å². The van der Waals surface area contributed by atoms with Crippen molar-refractivity contribution in [3.63, 3.8) is 0 Å². The average Bonchev–Trinajstić information content (AvgIpc) is 3.74. The maximum Gasteiger partial charge on any atom is 0.344 e. The van der Waals surface area contributed by atoms with Crippen LogP contribution in [0.2, 0.25) is 0 Å². The van der Waals surface area contributed by atoms with Crippen molar-refractivity contribution in [3.05, 3.63) is 58.6 Å². The molecule has 4 rings (SSSR count). The van der Waals surface area contributed by atoms with E-state index in [0.29, 0.717) is 36.2 Å². The van der Waals surface area contributed by atoms with Gasteiger partial charge in [0.1, 0.15) is 5.58 Å². The standard InChI is InChI=1S/C30H37NO5/c1-3-21(2)29(32)35-16-9-7-5-4-6-8-15-34-28-19-27-25(20-31-28)18-26(30(33)36-27)24-12-10-11-23(17-24)22-13-14-22/h10-12,17-22H,3-9,13-16H2,1-2H3. The second kappa shape index (κ2) is 12.7. The number of unbranched alkanes of at least 4 members (excludes halogenated alkanes) is 5. The first-order chi connectivity index (χ1) is 17.5. The Morgan fingerprint density at radius 1 is 1.06 bits per heavy atom. The molecule has 1 aliphatic carbocycles. The highest BCUT2D eigenvalue weighted by molar-refractivity contribution is 5.81. The third kappa shape index (κ3) is 7.19. The maximum atomic E-state index is 12.7. The number of nitrogens with zero attached hydrogens (tertiary/aromatic N) is 1. The maximum absolute atomic E-state index is 12.7. The van der Waals surface area contributed by atoms with Crippen LogP contribution in [-0.4, -0.2) is 24.2 Å². The van der Waals surface area contributed by atoms with Crippen LogP contribution in [0.1, 0.15) is 83.1 Å². The lowest BCUT2D eigenvalue weighted by Crippen LogP contribution is -2.14. The lowest BCUT2D eigenvalue weighted by Gasteiger charge is -2.09. The summed E-state index contributed by atoms with van der Waals surface area (Å²) in [5, 5.41) is 0.781. The highest BCUT2D eigenvalue weighted by Crippen LogP contribution is 2.41. The Bertz CT molecular complexity index is 1210. The van der Waals surface area contributed by atoms with Gasteiger partial charge in [0.15, 0.2) is 0 Å². The van der Waals surface area contributed by atoms with Gasteiger partial charge >= 0.3 is 11.6 Å². The molecule has 0 bridgehead atoms. The van der Waals surface area contributed by atoms with Crippen molar-refractivity contribution in [3.8, 4) is 17.0 Å². The van der Waals surface area contributed by atoms with Crippen LogP contribution in [0.15, 0.2) is 51.8 Å². The van der Waals surface area contributed by atoms with Gasteiger partial charge in [0.25, 0.3) is 0 Å². The third-order valence-electron chi connectivity index (χ3n) is 6.89. The van der Waals surface area contributed by atoms with Crippen LogP contribution in [0.5, 0.6) is 5.88 Å². The molecular weight excluding hydrogens is 454 g/mol. The number of hydrogen-bond donors (Lipinski definition) is 0. The predicted molar refractivity (Wildman–Crippen MR) is 141 cm³/mol. The molecule has 0 radical (unpaired) electrons. The van der Waals surface area contributed by atoms with Crippen molar-refractivity contribution in [2.45, 2.75) is 77.6 Å². The number of aromatic nitrogens is 1. The summed E-state index contributed by atoms with van der Waals surface area (Å²) in [6.07, 6.45) is 11.2. The fourth-order valence-electron chi connectivity index (χ4n) is 4.22. The van der Waals surface area contributed by atoms with Crippen molar-refractivity contribution >= 4 is 16.9 Å². The van der Waals surface area contributed by atoms with Crippen LogP contribution < -0.4 is 10.4 Å². The van der Waals surface area contributed by atoms with Gasteiger partial charge < -0.3 is 13.9 Å². The van der Waals surface area contributed by atoms with Gasteiger partial charge in [-0.3, -0.25) is 4.79 Å². The molecule has 0 spiro atoms. The van der Waals surface area contributed by atoms with Gasteiger partial charge in [-0.25, -0.2) is 9.78 Å². The molecule has 1 aliphatic rings. The van der Waals surface area contributed by atoms with Crippen molar-refractivity contribution in [2.75, 3.05) is 13.2 Å². The first kappa shape index (κ1) is 25.9. The molecule has 1 atom stereocenters. The Kier molecular flexibility index (Phi) is 9.15. The Morgan fingerprint density at radius 2 is 1.81 bits per heavy atom. The van der Waals surface area contributed by atoms with E-state index in [-0.39, 0.29) is 17.5 Å². The average molecular weight is 492 g/mol. The molecule has 1 saturated carbocycles. The smallest absolute Gasteiger partial charge is 0.344 e. The minimum absolute atomic E-state index is 0.00924.